The van der Waals surface area contributed by atoms with Crippen molar-refractivity contribution in [1.82, 2.24) is 0 Å². The van der Waals surface area contributed by atoms with Gasteiger partial charge in [0.25, 0.3) is 0 Å². The van der Waals surface area contributed by atoms with Crippen LogP contribution in [-0.2, 0) is 0 Å². The van der Waals surface area contributed by atoms with E-state index in [1.165, 1.54) is 22.4 Å². The lowest BCUT2D eigenvalue weighted by Crippen LogP contribution is -2.29. The third-order valence-electron chi connectivity index (χ3n) is 6.81. The molecule has 0 aromatic heterocycles. The van der Waals surface area contributed by atoms with Crippen LogP contribution >= 0.6 is 22.6 Å². The maximum atomic E-state index is 5.82. The van der Waals surface area contributed by atoms with Gasteiger partial charge in [-0.3, -0.25) is 4.99 Å². The monoisotopic (exact) mass is 590 g/mol. The Kier molecular flexibility index (Phi) is 7.46. The Morgan fingerprint density at radius 1 is 1.11 bits per heavy atom. The van der Waals surface area contributed by atoms with Gasteiger partial charge in [0.05, 0.1) is 21.9 Å². The standard InChI is InChI=1S/C31H31IN2O2/c1-4-15-36-31-27(32)17-21(18-29(31)35-5-2)19-33-23-12-10-22(11-13-23)30-25-8-6-7-24(25)26-16-20(3)9-14-28(26)34-30/h4,6-7,9-14,16-19,24-25,30,34H,1,5,8,15H2,2-3H3/t24-,25+,30+/m1/s1. The van der Waals surface area contributed by atoms with E-state index in [1.54, 1.807) is 6.08 Å². The lowest BCUT2D eigenvalue weighted by atomic mass is 9.76. The molecule has 1 N–H and O–H groups in total. The number of aliphatic imine (C=N–C) groups is 1. The molecule has 5 rings (SSSR count). The first-order valence-corrected chi connectivity index (χ1v) is 13.5. The van der Waals surface area contributed by atoms with Gasteiger partial charge in [-0.05, 0) is 95.8 Å². The Bertz CT molecular complexity index is 1310. The number of anilines is 1. The lowest BCUT2D eigenvalue weighted by Gasteiger charge is -2.37. The highest BCUT2D eigenvalue weighted by Gasteiger charge is 2.37. The van der Waals surface area contributed by atoms with Gasteiger partial charge in [-0.15, -0.1) is 0 Å². The Morgan fingerprint density at radius 3 is 2.72 bits per heavy atom. The Labute approximate surface area is 227 Å². The van der Waals surface area contributed by atoms with Crippen LogP contribution in [-0.4, -0.2) is 19.4 Å². The molecule has 0 unspecified atom stereocenters. The summed E-state index contributed by atoms with van der Waals surface area (Å²) in [5.41, 5.74) is 7.19. The molecule has 3 aromatic rings. The molecular weight excluding hydrogens is 559 g/mol. The lowest BCUT2D eigenvalue weighted by molar-refractivity contribution is 0.295. The zero-order chi connectivity index (χ0) is 25.1. The summed E-state index contributed by atoms with van der Waals surface area (Å²) in [6.45, 7) is 8.88. The van der Waals surface area contributed by atoms with Crippen LogP contribution in [0.15, 0.2) is 84.4 Å². The van der Waals surface area contributed by atoms with Crippen molar-refractivity contribution in [3.63, 3.8) is 0 Å². The smallest absolute Gasteiger partial charge is 0.174 e. The Morgan fingerprint density at radius 2 is 1.94 bits per heavy atom. The van der Waals surface area contributed by atoms with E-state index in [-0.39, 0.29) is 6.04 Å². The van der Waals surface area contributed by atoms with E-state index in [0.29, 0.717) is 25.0 Å². The van der Waals surface area contributed by atoms with Crippen LogP contribution in [0.2, 0.25) is 0 Å². The first-order valence-electron chi connectivity index (χ1n) is 12.4. The van der Waals surface area contributed by atoms with Crippen LogP contribution in [0.5, 0.6) is 11.5 Å². The van der Waals surface area contributed by atoms with Crippen molar-refractivity contribution < 1.29 is 9.47 Å². The predicted molar refractivity (Wildman–Crippen MR) is 157 cm³/mol. The van der Waals surface area contributed by atoms with E-state index >= 15 is 0 Å². The fraction of sp³-hybridized carbons (Fsp3) is 0.258. The van der Waals surface area contributed by atoms with E-state index in [9.17, 15) is 0 Å². The topological polar surface area (TPSA) is 42.8 Å². The van der Waals surface area contributed by atoms with E-state index in [1.807, 2.05) is 19.2 Å². The average Bonchev–Trinajstić information content (AvgIpc) is 3.38. The minimum absolute atomic E-state index is 0.289. The van der Waals surface area contributed by atoms with Crippen LogP contribution in [0, 0.1) is 16.4 Å². The molecule has 0 saturated heterocycles. The molecule has 0 spiro atoms. The Balaban J connectivity index is 1.35. The van der Waals surface area contributed by atoms with Gasteiger partial charge in [-0.25, -0.2) is 0 Å². The van der Waals surface area contributed by atoms with E-state index in [2.05, 4.69) is 102 Å². The number of ether oxygens (including phenoxy) is 2. The number of fused-ring (bicyclic) bond motifs is 3. The maximum Gasteiger partial charge on any atom is 0.174 e. The zero-order valence-corrected chi connectivity index (χ0v) is 22.9. The van der Waals surface area contributed by atoms with Gasteiger partial charge >= 0.3 is 0 Å². The molecule has 4 nitrogen and oxygen atoms in total. The number of nitrogens with one attached hydrogen (secondary N) is 1. The van der Waals surface area contributed by atoms with Crippen LogP contribution in [0.3, 0.4) is 0 Å². The first kappa shape index (κ1) is 24.6. The number of benzene rings is 3. The molecule has 5 heteroatoms. The Hall–Kier alpha value is -3.06. The highest BCUT2D eigenvalue weighted by molar-refractivity contribution is 14.1. The number of allylic oxidation sites excluding steroid dienone is 2. The fourth-order valence-electron chi connectivity index (χ4n) is 5.17. The van der Waals surface area contributed by atoms with Crippen LogP contribution in [0.1, 0.15) is 47.6 Å². The highest BCUT2D eigenvalue weighted by Crippen LogP contribution is 2.50. The van der Waals surface area contributed by atoms with Crippen molar-refractivity contribution in [1.29, 1.82) is 0 Å². The second-order valence-corrected chi connectivity index (χ2v) is 10.4. The minimum atomic E-state index is 0.289. The molecule has 0 saturated carbocycles. The molecule has 0 radical (unpaired) electrons. The van der Waals surface area contributed by atoms with Crippen molar-refractivity contribution in [3.05, 3.63) is 105 Å². The third-order valence-corrected chi connectivity index (χ3v) is 7.61. The van der Waals surface area contributed by atoms with Gasteiger partial charge in [-0.1, -0.05) is 54.6 Å². The summed E-state index contributed by atoms with van der Waals surface area (Å²) in [6, 6.07) is 19.7. The van der Waals surface area contributed by atoms with Gasteiger partial charge in [-0.2, -0.15) is 0 Å². The van der Waals surface area contributed by atoms with E-state index in [4.69, 9.17) is 14.5 Å². The summed E-state index contributed by atoms with van der Waals surface area (Å²) in [7, 11) is 0. The molecule has 2 aliphatic rings. The molecule has 3 atom stereocenters. The number of halogens is 1. The number of rotatable bonds is 8. The van der Waals surface area contributed by atoms with Crippen molar-refractivity contribution in [3.8, 4) is 11.5 Å². The molecular formula is C31H31IN2O2. The van der Waals surface area contributed by atoms with Gasteiger partial charge in [0.2, 0.25) is 0 Å². The maximum absolute atomic E-state index is 5.82. The largest absolute Gasteiger partial charge is 0.490 e. The molecule has 36 heavy (non-hydrogen) atoms. The molecule has 0 bridgehead atoms. The summed E-state index contributed by atoms with van der Waals surface area (Å²) in [5, 5.41) is 3.82. The van der Waals surface area contributed by atoms with Gasteiger partial charge in [0, 0.05) is 17.8 Å². The summed E-state index contributed by atoms with van der Waals surface area (Å²) in [4.78, 5) is 4.74. The highest BCUT2D eigenvalue weighted by atomic mass is 127. The molecule has 1 aliphatic carbocycles. The molecule has 0 amide bonds. The van der Waals surface area contributed by atoms with Crippen molar-refractivity contribution >= 4 is 40.2 Å². The third kappa shape index (κ3) is 5.07. The summed E-state index contributed by atoms with van der Waals surface area (Å²) < 4.78 is 12.6. The quantitative estimate of drug-likeness (QED) is 0.164. The van der Waals surface area contributed by atoms with Gasteiger partial charge in [0.1, 0.15) is 6.61 Å². The molecule has 1 heterocycles. The summed E-state index contributed by atoms with van der Waals surface area (Å²) >= 11 is 2.28. The summed E-state index contributed by atoms with van der Waals surface area (Å²) in [6.07, 6.45) is 9.44. The molecule has 184 valence electrons. The normalized spacial score (nSPS) is 20.0. The van der Waals surface area contributed by atoms with E-state index in [0.717, 1.165) is 32.7 Å². The molecule has 3 aromatic carbocycles. The summed E-state index contributed by atoms with van der Waals surface area (Å²) in [5.74, 6) is 2.48. The average molecular weight is 591 g/mol. The second-order valence-electron chi connectivity index (χ2n) is 9.28. The first-order chi connectivity index (χ1) is 17.6. The van der Waals surface area contributed by atoms with Crippen LogP contribution in [0.4, 0.5) is 11.4 Å². The van der Waals surface area contributed by atoms with Crippen molar-refractivity contribution in [2.75, 3.05) is 18.5 Å². The van der Waals surface area contributed by atoms with Crippen molar-refractivity contribution in [2.45, 2.75) is 32.2 Å². The zero-order valence-electron chi connectivity index (χ0n) is 20.7. The van der Waals surface area contributed by atoms with E-state index < -0.39 is 0 Å². The number of hydrogen-bond acceptors (Lipinski definition) is 4. The number of aryl methyl sites for hydroxylation is 1. The second kappa shape index (κ2) is 10.9. The van der Waals surface area contributed by atoms with Crippen LogP contribution < -0.4 is 14.8 Å². The number of hydrogen-bond donors (Lipinski definition) is 1. The minimum Gasteiger partial charge on any atom is -0.490 e. The van der Waals surface area contributed by atoms with Gasteiger partial charge in [0.15, 0.2) is 11.5 Å². The predicted octanol–water partition coefficient (Wildman–Crippen LogP) is 8.14. The molecule has 0 fully saturated rings. The molecule has 1 aliphatic heterocycles. The van der Waals surface area contributed by atoms with Crippen molar-refractivity contribution in [2.24, 2.45) is 10.9 Å². The SMILES string of the molecule is C=CCOc1c(I)cc(C=Nc2ccc([C@@H]3Nc4ccc(C)cc4[C@@H]4C=CC[C@@H]43)cc2)cc1OCC. The van der Waals surface area contributed by atoms with Gasteiger partial charge < -0.3 is 14.8 Å². The number of nitrogens with zero attached hydrogens (tertiary/aromatic N) is 1. The van der Waals surface area contributed by atoms with Crippen LogP contribution in [0.25, 0.3) is 0 Å². The fourth-order valence-corrected chi connectivity index (χ4v) is 5.95.